The van der Waals surface area contributed by atoms with E-state index >= 15 is 4.39 Å². The lowest BCUT2D eigenvalue weighted by Gasteiger charge is -2.28. The molecule has 0 aliphatic carbocycles. The first-order valence-corrected chi connectivity index (χ1v) is 11.5. The average molecular weight is 507 g/mol. The highest BCUT2D eigenvalue weighted by molar-refractivity contribution is 7.87. The molecule has 2 aliphatic heterocycles. The molecule has 1 aromatic carbocycles. The monoisotopic (exact) mass is 506 g/mol. The number of carbonyl (C=O) groups excluding carboxylic acids is 1. The first-order chi connectivity index (χ1) is 15.5. The zero-order valence-electron chi connectivity index (χ0n) is 17.0. The Hall–Kier alpha value is -2.61. The van der Waals surface area contributed by atoms with Gasteiger partial charge >= 0.3 is 0 Å². The predicted octanol–water partition coefficient (Wildman–Crippen LogP) is 1.87. The van der Waals surface area contributed by atoms with Gasteiger partial charge in [0.25, 0.3) is 22.0 Å². The van der Waals surface area contributed by atoms with E-state index in [1.807, 2.05) is 9.44 Å². The number of alkyl halides is 2. The van der Waals surface area contributed by atoms with Crippen molar-refractivity contribution in [3.8, 4) is 17.5 Å². The SMILES string of the molecule is CNS(=O)(=O)N[C@@H]1[C@@H]2Cc3cccc(c3F)Oc3nc(ccc3Cl)OCC(=O)N2CC1(F)F. The van der Waals surface area contributed by atoms with Gasteiger partial charge in [-0.05, 0) is 24.1 Å². The van der Waals surface area contributed by atoms with Crippen molar-refractivity contribution < 1.29 is 35.9 Å². The van der Waals surface area contributed by atoms with Crippen molar-refractivity contribution in [3.05, 3.63) is 46.7 Å². The number of hydrogen-bond acceptors (Lipinski definition) is 6. The molecule has 4 bridgehead atoms. The highest BCUT2D eigenvalue weighted by Crippen LogP contribution is 2.37. The molecule has 14 heteroatoms. The van der Waals surface area contributed by atoms with Crippen LogP contribution in [0.25, 0.3) is 0 Å². The van der Waals surface area contributed by atoms with Crippen molar-refractivity contribution >= 4 is 27.7 Å². The van der Waals surface area contributed by atoms with Crippen molar-refractivity contribution in [2.75, 3.05) is 20.2 Å². The maximum Gasteiger partial charge on any atom is 0.283 e. The van der Waals surface area contributed by atoms with E-state index in [2.05, 4.69) is 4.98 Å². The first kappa shape index (κ1) is 23.5. The van der Waals surface area contributed by atoms with Crippen LogP contribution in [-0.2, 0) is 21.4 Å². The van der Waals surface area contributed by atoms with Crippen LogP contribution in [0.3, 0.4) is 0 Å². The second-order valence-electron chi connectivity index (χ2n) is 7.41. The number of hydrogen-bond donors (Lipinski definition) is 2. The van der Waals surface area contributed by atoms with E-state index in [-0.39, 0.29) is 28.1 Å². The number of carbonyl (C=O) groups is 1. The summed E-state index contributed by atoms with van der Waals surface area (Å²) in [6.07, 6.45) is -0.431. The third kappa shape index (κ3) is 4.71. The minimum Gasteiger partial charge on any atom is -0.467 e. The van der Waals surface area contributed by atoms with E-state index in [0.717, 1.165) is 11.9 Å². The van der Waals surface area contributed by atoms with Crippen molar-refractivity contribution in [2.45, 2.75) is 24.4 Å². The van der Waals surface area contributed by atoms with Crippen molar-refractivity contribution in [1.82, 2.24) is 19.3 Å². The molecule has 1 amide bonds. The molecule has 0 spiro atoms. The smallest absolute Gasteiger partial charge is 0.283 e. The van der Waals surface area contributed by atoms with Gasteiger partial charge in [-0.15, -0.1) is 0 Å². The Labute approximate surface area is 192 Å². The Morgan fingerprint density at radius 2 is 2.03 bits per heavy atom. The number of pyridine rings is 1. The zero-order chi connectivity index (χ0) is 24.0. The molecule has 33 heavy (non-hydrogen) atoms. The van der Waals surface area contributed by atoms with Crippen LogP contribution < -0.4 is 18.9 Å². The van der Waals surface area contributed by atoms with E-state index in [9.17, 15) is 22.0 Å². The van der Waals surface area contributed by atoms with Gasteiger partial charge in [0, 0.05) is 13.1 Å². The summed E-state index contributed by atoms with van der Waals surface area (Å²) in [5.74, 6) is -5.96. The van der Waals surface area contributed by atoms with E-state index in [4.69, 9.17) is 21.1 Å². The molecule has 2 aliphatic rings. The zero-order valence-corrected chi connectivity index (χ0v) is 18.6. The molecule has 0 radical (unpaired) electrons. The number of benzene rings is 1. The molecule has 178 valence electrons. The number of aromatic nitrogens is 1. The van der Waals surface area contributed by atoms with Gasteiger partial charge in [-0.1, -0.05) is 23.7 Å². The lowest BCUT2D eigenvalue weighted by molar-refractivity contribution is -0.135. The molecule has 9 nitrogen and oxygen atoms in total. The highest BCUT2D eigenvalue weighted by Gasteiger charge is 2.57. The summed E-state index contributed by atoms with van der Waals surface area (Å²) in [5.41, 5.74) is -0.0749. The summed E-state index contributed by atoms with van der Waals surface area (Å²) in [6.45, 7) is -1.76. The van der Waals surface area contributed by atoms with Gasteiger partial charge in [0.2, 0.25) is 11.8 Å². The fourth-order valence-corrected chi connectivity index (χ4v) is 4.62. The maximum atomic E-state index is 15.2. The number of fused-ring (bicyclic) bond motifs is 5. The van der Waals surface area contributed by atoms with E-state index in [1.165, 1.54) is 30.3 Å². The number of amides is 1. The number of halogens is 4. The van der Waals surface area contributed by atoms with Crippen LogP contribution in [-0.4, -0.2) is 62.4 Å². The number of ether oxygens (including phenoxy) is 2. The fraction of sp³-hybridized carbons (Fsp3) is 0.368. The largest absolute Gasteiger partial charge is 0.467 e. The third-order valence-corrected chi connectivity index (χ3v) is 6.69. The summed E-state index contributed by atoms with van der Waals surface area (Å²) in [5, 5.41) is 0.0511. The molecular formula is C19H18ClF3N4O5S. The maximum absolute atomic E-state index is 15.2. The van der Waals surface area contributed by atoms with Crippen LogP contribution in [0.4, 0.5) is 13.2 Å². The Kier molecular flexibility index (Phi) is 6.16. The van der Waals surface area contributed by atoms with Gasteiger partial charge in [-0.3, -0.25) is 4.79 Å². The van der Waals surface area contributed by atoms with Gasteiger partial charge in [-0.25, -0.2) is 17.9 Å². The predicted molar refractivity (Wildman–Crippen MR) is 110 cm³/mol. The highest BCUT2D eigenvalue weighted by atomic mass is 35.5. The molecule has 1 saturated heterocycles. The summed E-state index contributed by atoms with van der Waals surface area (Å²) in [4.78, 5) is 17.6. The molecular weight excluding hydrogens is 489 g/mol. The summed E-state index contributed by atoms with van der Waals surface area (Å²) < 4.78 is 83.6. The Morgan fingerprint density at radius 3 is 2.76 bits per heavy atom. The number of rotatable bonds is 3. The van der Waals surface area contributed by atoms with E-state index in [0.29, 0.717) is 0 Å². The quantitative estimate of drug-likeness (QED) is 0.658. The third-order valence-electron chi connectivity index (χ3n) is 5.30. The van der Waals surface area contributed by atoms with Crippen LogP contribution in [0, 0.1) is 5.82 Å². The van der Waals surface area contributed by atoms with Gasteiger partial charge in [-0.2, -0.15) is 18.1 Å². The standard InChI is InChI=1S/C19H18ClF3N4O5S/c1-24-33(29,30)26-17-12-7-10-3-2-4-13(16(10)21)32-18-11(20)5-6-14(25-18)31-8-15(28)27(12)9-19(17,22)23/h2-6,12,17,24,26H,7-9H2,1H3/t12-,17+/m0/s1. The van der Waals surface area contributed by atoms with Crippen LogP contribution in [0.15, 0.2) is 30.3 Å². The number of nitrogens with one attached hydrogen (secondary N) is 2. The molecule has 0 unspecified atom stereocenters. The van der Waals surface area contributed by atoms with Gasteiger partial charge < -0.3 is 14.4 Å². The van der Waals surface area contributed by atoms with Crippen LogP contribution in [0.1, 0.15) is 5.56 Å². The molecule has 0 saturated carbocycles. The van der Waals surface area contributed by atoms with Crippen LogP contribution in [0.5, 0.6) is 17.5 Å². The normalized spacial score (nSPS) is 22.3. The summed E-state index contributed by atoms with van der Waals surface area (Å²) in [6, 6.07) is 3.28. The van der Waals surface area contributed by atoms with Crippen molar-refractivity contribution in [2.24, 2.45) is 0 Å². The lowest BCUT2D eigenvalue weighted by Crippen LogP contribution is -2.54. The molecule has 1 fully saturated rings. The van der Waals surface area contributed by atoms with Crippen LogP contribution >= 0.6 is 11.6 Å². The molecule has 2 aromatic rings. The van der Waals surface area contributed by atoms with E-state index in [1.54, 1.807) is 0 Å². The van der Waals surface area contributed by atoms with Crippen LogP contribution in [0.2, 0.25) is 5.02 Å². The minimum absolute atomic E-state index is 0.0511. The molecule has 3 heterocycles. The Morgan fingerprint density at radius 1 is 1.27 bits per heavy atom. The summed E-state index contributed by atoms with van der Waals surface area (Å²) >= 11 is 6.06. The van der Waals surface area contributed by atoms with Crippen molar-refractivity contribution in [1.29, 1.82) is 0 Å². The molecule has 2 atom stereocenters. The minimum atomic E-state index is -4.31. The Balaban J connectivity index is 1.81. The van der Waals surface area contributed by atoms with E-state index < -0.39 is 59.5 Å². The van der Waals surface area contributed by atoms with Gasteiger partial charge in [0.05, 0.1) is 12.6 Å². The molecule has 1 aromatic heterocycles. The summed E-state index contributed by atoms with van der Waals surface area (Å²) in [7, 11) is -3.27. The average Bonchev–Trinajstić information content (AvgIpc) is 3.00. The second-order valence-corrected chi connectivity index (χ2v) is 9.47. The van der Waals surface area contributed by atoms with Gasteiger partial charge in [0.15, 0.2) is 18.2 Å². The first-order valence-electron chi connectivity index (χ1n) is 9.63. The van der Waals surface area contributed by atoms with Crippen molar-refractivity contribution in [3.63, 3.8) is 0 Å². The number of nitrogens with zero attached hydrogens (tertiary/aromatic N) is 2. The molecule has 2 N–H and O–H groups in total. The lowest BCUT2D eigenvalue weighted by atomic mass is 9.98. The Bertz CT molecular complexity index is 1200. The second kappa shape index (κ2) is 8.63. The van der Waals surface area contributed by atoms with Gasteiger partial charge in [0.1, 0.15) is 11.1 Å². The molecule has 4 rings (SSSR count). The topological polar surface area (TPSA) is 110 Å². The fourth-order valence-electron chi connectivity index (χ4n) is 3.70.